The Morgan fingerprint density at radius 3 is 2.48 bits per heavy atom. The molecule has 5 heteroatoms. The van der Waals surface area contributed by atoms with Gasteiger partial charge in [0.15, 0.2) is 0 Å². The fourth-order valence-electron chi connectivity index (χ4n) is 2.96. The molecule has 2 aromatic rings. The molecule has 5 nitrogen and oxygen atoms in total. The van der Waals surface area contributed by atoms with Crippen molar-refractivity contribution in [2.45, 2.75) is 32.4 Å². The molecular formula is C18H24N4O. The van der Waals surface area contributed by atoms with Crippen LogP contribution in [0.25, 0.3) is 0 Å². The van der Waals surface area contributed by atoms with E-state index >= 15 is 0 Å². The van der Waals surface area contributed by atoms with Gasteiger partial charge in [-0.05, 0) is 37.1 Å². The number of benzene rings is 1. The Morgan fingerprint density at radius 2 is 1.83 bits per heavy atom. The summed E-state index contributed by atoms with van der Waals surface area (Å²) >= 11 is 0. The van der Waals surface area contributed by atoms with Crippen LogP contribution in [0.5, 0.6) is 0 Å². The van der Waals surface area contributed by atoms with E-state index in [4.69, 9.17) is 0 Å². The molecule has 1 aliphatic rings. The van der Waals surface area contributed by atoms with Crippen LogP contribution in [0.3, 0.4) is 0 Å². The number of carbonyl (C=O) groups excluding carboxylic acids is 1. The number of nitrogens with one attached hydrogen (secondary N) is 1. The van der Waals surface area contributed by atoms with Gasteiger partial charge in [-0.1, -0.05) is 30.7 Å². The first-order valence-electron chi connectivity index (χ1n) is 8.28. The summed E-state index contributed by atoms with van der Waals surface area (Å²) in [5.74, 6) is -0.0875. The van der Waals surface area contributed by atoms with Crippen molar-refractivity contribution in [3.05, 3.63) is 53.3 Å². The Labute approximate surface area is 137 Å². The first kappa shape index (κ1) is 15.7. The molecule has 1 aliphatic heterocycles. The summed E-state index contributed by atoms with van der Waals surface area (Å²) in [6, 6.07) is 8.53. The van der Waals surface area contributed by atoms with Crippen molar-refractivity contribution >= 4 is 5.91 Å². The number of likely N-dealkylation sites (tertiary alicyclic amines) is 1. The van der Waals surface area contributed by atoms with Crippen LogP contribution in [0.15, 0.2) is 36.7 Å². The van der Waals surface area contributed by atoms with E-state index < -0.39 is 0 Å². The van der Waals surface area contributed by atoms with Gasteiger partial charge in [0, 0.05) is 26.3 Å². The predicted octanol–water partition coefficient (Wildman–Crippen LogP) is 2.34. The Morgan fingerprint density at radius 1 is 1.13 bits per heavy atom. The summed E-state index contributed by atoms with van der Waals surface area (Å²) in [6.07, 6.45) is 7.30. The number of carbonyl (C=O) groups is 1. The highest BCUT2D eigenvalue weighted by Crippen LogP contribution is 2.13. The molecule has 122 valence electrons. The zero-order valence-corrected chi connectivity index (χ0v) is 13.7. The van der Waals surface area contributed by atoms with Gasteiger partial charge < -0.3 is 5.32 Å². The second-order valence-electron chi connectivity index (χ2n) is 6.24. The average Bonchev–Trinajstić information content (AvgIpc) is 3.01. The summed E-state index contributed by atoms with van der Waals surface area (Å²) < 4.78 is 1.63. The van der Waals surface area contributed by atoms with Crippen molar-refractivity contribution in [1.29, 1.82) is 0 Å². The topological polar surface area (TPSA) is 50.2 Å². The molecule has 0 spiro atoms. The fourth-order valence-corrected chi connectivity index (χ4v) is 2.96. The first-order valence-corrected chi connectivity index (χ1v) is 8.28. The molecule has 1 amide bonds. The van der Waals surface area contributed by atoms with Crippen molar-refractivity contribution < 1.29 is 4.79 Å². The van der Waals surface area contributed by atoms with Crippen LogP contribution in [0.4, 0.5) is 0 Å². The summed E-state index contributed by atoms with van der Waals surface area (Å²) in [5, 5.41) is 6.94. The van der Waals surface area contributed by atoms with E-state index in [0.29, 0.717) is 12.1 Å². The second kappa shape index (κ2) is 7.42. The van der Waals surface area contributed by atoms with Crippen LogP contribution in [-0.4, -0.2) is 33.7 Å². The zero-order valence-electron chi connectivity index (χ0n) is 13.7. The third kappa shape index (κ3) is 4.42. The lowest BCUT2D eigenvalue weighted by atomic mass is 10.1. The lowest BCUT2D eigenvalue weighted by molar-refractivity contribution is 0.0951. The van der Waals surface area contributed by atoms with Crippen LogP contribution in [0.2, 0.25) is 0 Å². The highest BCUT2D eigenvalue weighted by molar-refractivity contribution is 5.93. The molecule has 23 heavy (non-hydrogen) atoms. The van der Waals surface area contributed by atoms with Gasteiger partial charge in [-0.2, -0.15) is 5.10 Å². The number of rotatable bonds is 5. The molecule has 0 unspecified atom stereocenters. The maximum absolute atomic E-state index is 12.0. The third-order valence-electron chi connectivity index (χ3n) is 4.30. The van der Waals surface area contributed by atoms with Crippen molar-refractivity contribution in [2.75, 3.05) is 13.1 Å². The first-order chi connectivity index (χ1) is 11.2. The van der Waals surface area contributed by atoms with Gasteiger partial charge in [0.1, 0.15) is 0 Å². The van der Waals surface area contributed by atoms with Gasteiger partial charge in [0.2, 0.25) is 0 Å². The van der Waals surface area contributed by atoms with Crippen LogP contribution in [-0.2, 0) is 20.1 Å². The number of nitrogens with zero attached hydrogens (tertiary/aromatic N) is 3. The molecule has 0 radical (unpaired) electrons. The monoisotopic (exact) mass is 312 g/mol. The van der Waals surface area contributed by atoms with E-state index in [9.17, 15) is 4.79 Å². The number of aromatic nitrogens is 2. The summed E-state index contributed by atoms with van der Waals surface area (Å²) in [7, 11) is 1.80. The van der Waals surface area contributed by atoms with E-state index in [1.165, 1.54) is 37.9 Å². The Balaban J connectivity index is 1.50. The minimum atomic E-state index is -0.0875. The molecule has 1 aromatic heterocycles. The van der Waals surface area contributed by atoms with Gasteiger partial charge in [-0.3, -0.25) is 14.4 Å². The summed E-state index contributed by atoms with van der Waals surface area (Å²) in [5.41, 5.74) is 3.05. The highest BCUT2D eigenvalue weighted by atomic mass is 16.1. The molecule has 0 atom stereocenters. The second-order valence-corrected chi connectivity index (χ2v) is 6.24. The Kier molecular flexibility index (Phi) is 5.08. The van der Waals surface area contributed by atoms with Gasteiger partial charge in [-0.25, -0.2) is 0 Å². The van der Waals surface area contributed by atoms with Crippen LogP contribution in [0.1, 0.15) is 40.7 Å². The lowest BCUT2D eigenvalue weighted by Crippen LogP contribution is -2.29. The number of hydrogen-bond acceptors (Lipinski definition) is 3. The molecule has 1 N–H and O–H groups in total. The van der Waals surface area contributed by atoms with Crippen molar-refractivity contribution in [3.8, 4) is 0 Å². The molecule has 2 heterocycles. The zero-order chi connectivity index (χ0) is 16.1. The van der Waals surface area contributed by atoms with Crippen LogP contribution >= 0.6 is 0 Å². The smallest absolute Gasteiger partial charge is 0.254 e. The average molecular weight is 312 g/mol. The number of piperidine rings is 1. The third-order valence-corrected chi connectivity index (χ3v) is 4.30. The number of aryl methyl sites for hydroxylation is 1. The largest absolute Gasteiger partial charge is 0.348 e. The van der Waals surface area contributed by atoms with Crippen LogP contribution < -0.4 is 5.32 Å². The molecule has 1 fully saturated rings. The van der Waals surface area contributed by atoms with E-state index in [1.807, 2.05) is 0 Å². The number of hydrogen-bond donors (Lipinski definition) is 1. The number of amides is 1. The Bertz CT molecular complexity index is 641. The van der Waals surface area contributed by atoms with E-state index in [0.717, 1.165) is 12.1 Å². The molecule has 1 saturated heterocycles. The molecule has 1 aromatic carbocycles. The molecule has 0 saturated carbocycles. The van der Waals surface area contributed by atoms with Gasteiger partial charge in [0.05, 0.1) is 11.8 Å². The SMILES string of the molecule is Cn1cc(C(=O)NCc2ccc(CN3CCCCC3)cc2)cn1. The van der Waals surface area contributed by atoms with E-state index in [2.05, 4.69) is 39.6 Å². The maximum Gasteiger partial charge on any atom is 0.254 e. The predicted molar refractivity (Wildman–Crippen MR) is 89.9 cm³/mol. The Hall–Kier alpha value is -2.14. The van der Waals surface area contributed by atoms with E-state index in [1.54, 1.807) is 24.1 Å². The van der Waals surface area contributed by atoms with Crippen molar-refractivity contribution in [1.82, 2.24) is 20.0 Å². The minimum Gasteiger partial charge on any atom is -0.348 e. The van der Waals surface area contributed by atoms with Gasteiger partial charge in [-0.15, -0.1) is 0 Å². The van der Waals surface area contributed by atoms with Crippen molar-refractivity contribution in [3.63, 3.8) is 0 Å². The van der Waals surface area contributed by atoms with Crippen molar-refractivity contribution in [2.24, 2.45) is 7.05 Å². The normalized spacial score (nSPS) is 15.5. The molecule has 0 aliphatic carbocycles. The highest BCUT2D eigenvalue weighted by Gasteiger charge is 2.10. The molecular weight excluding hydrogens is 288 g/mol. The van der Waals surface area contributed by atoms with Crippen LogP contribution in [0, 0.1) is 0 Å². The lowest BCUT2D eigenvalue weighted by Gasteiger charge is -2.26. The summed E-state index contributed by atoms with van der Waals surface area (Å²) in [6.45, 7) is 3.99. The van der Waals surface area contributed by atoms with Gasteiger partial charge >= 0.3 is 0 Å². The quantitative estimate of drug-likeness (QED) is 0.922. The fraction of sp³-hybridized carbons (Fsp3) is 0.444. The minimum absolute atomic E-state index is 0.0875. The van der Waals surface area contributed by atoms with E-state index in [-0.39, 0.29) is 5.91 Å². The van der Waals surface area contributed by atoms with Gasteiger partial charge in [0.25, 0.3) is 5.91 Å². The summed E-state index contributed by atoms with van der Waals surface area (Å²) in [4.78, 5) is 14.5. The standard InChI is InChI=1S/C18H24N4O/c1-21-14-17(12-20-21)18(23)19-11-15-5-7-16(8-6-15)13-22-9-3-2-4-10-22/h5-8,12,14H,2-4,9-11,13H2,1H3,(H,19,23). The molecule has 0 bridgehead atoms. The maximum atomic E-state index is 12.0. The molecule has 3 rings (SSSR count).